The first-order chi connectivity index (χ1) is 10.6. The SMILES string of the molecule is Cc1nc(N2CCc3[nH]nc(C(=O)O)c3C2)nc2c1CCC2. The van der Waals surface area contributed by atoms with Crippen LogP contribution in [0.4, 0.5) is 5.95 Å². The number of carboxylic acids is 1. The minimum Gasteiger partial charge on any atom is -0.476 e. The van der Waals surface area contributed by atoms with E-state index < -0.39 is 5.97 Å². The zero-order valence-corrected chi connectivity index (χ0v) is 12.4. The van der Waals surface area contributed by atoms with E-state index >= 15 is 0 Å². The molecule has 0 spiro atoms. The molecule has 2 aromatic rings. The maximum absolute atomic E-state index is 11.3. The van der Waals surface area contributed by atoms with Gasteiger partial charge in [-0.15, -0.1) is 0 Å². The number of hydrogen-bond donors (Lipinski definition) is 2. The van der Waals surface area contributed by atoms with Gasteiger partial charge in [-0.25, -0.2) is 14.8 Å². The summed E-state index contributed by atoms with van der Waals surface area (Å²) in [7, 11) is 0. The molecule has 0 amide bonds. The van der Waals surface area contributed by atoms with E-state index in [4.69, 9.17) is 4.98 Å². The lowest BCUT2D eigenvalue weighted by Gasteiger charge is -2.27. The summed E-state index contributed by atoms with van der Waals surface area (Å²) in [6.45, 7) is 3.30. The second-order valence-electron chi connectivity index (χ2n) is 5.89. The highest BCUT2D eigenvalue weighted by molar-refractivity contribution is 5.87. The van der Waals surface area contributed by atoms with Crippen molar-refractivity contribution in [2.45, 2.75) is 39.2 Å². The monoisotopic (exact) mass is 299 g/mol. The second kappa shape index (κ2) is 4.79. The highest BCUT2D eigenvalue weighted by Crippen LogP contribution is 2.28. The van der Waals surface area contributed by atoms with E-state index in [1.54, 1.807) is 0 Å². The number of H-pyrrole nitrogens is 1. The zero-order valence-electron chi connectivity index (χ0n) is 12.4. The molecule has 114 valence electrons. The number of aryl methyl sites for hydroxylation is 2. The molecule has 0 aromatic carbocycles. The van der Waals surface area contributed by atoms with E-state index in [9.17, 15) is 9.90 Å². The topological polar surface area (TPSA) is 95.0 Å². The first-order valence-corrected chi connectivity index (χ1v) is 7.54. The molecule has 2 aromatic heterocycles. The largest absolute Gasteiger partial charge is 0.476 e. The molecular weight excluding hydrogens is 282 g/mol. The Morgan fingerprint density at radius 1 is 1.23 bits per heavy atom. The third kappa shape index (κ3) is 1.96. The fraction of sp³-hybridized carbons (Fsp3) is 0.467. The number of nitrogens with zero attached hydrogens (tertiary/aromatic N) is 4. The molecule has 3 heterocycles. The molecular formula is C15H17N5O2. The number of nitrogens with one attached hydrogen (secondary N) is 1. The Morgan fingerprint density at radius 3 is 2.91 bits per heavy atom. The van der Waals surface area contributed by atoms with Crippen molar-refractivity contribution >= 4 is 11.9 Å². The number of carboxylic acid groups (broad SMARTS) is 1. The number of hydrogen-bond acceptors (Lipinski definition) is 5. The molecule has 22 heavy (non-hydrogen) atoms. The fourth-order valence-electron chi connectivity index (χ4n) is 3.39. The highest BCUT2D eigenvalue weighted by Gasteiger charge is 2.27. The Hall–Kier alpha value is -2.44. The third-order valence-electron chi connectivity index (χ3n) is 4.55. The predicted molar refractivity (Wildman–Crippen MR) is 79.1 cm³/mol. The molecule has 0 radical (unpaired) electrons. The van der Waals surface area contributed by atoms with Crippen molar-refractivity contribution in [2.24, 2.45) is 0 Å². The molecule has 7 heteroatoms. The normalized spacial score (nSPS) is 16.5. The van der Waals surface area contributed by atoms with E-state index in [0.29, 0.717) is 12.5 Å². The molecule has 4 rings (SSSR count). The Morgan fingerprint density at radius 2 is 2.09 bits per heavy atom. The smallest absolute Gasteiger partial charge is 0.356 e. The summed E-state index contributed by atoms with van der Waals surface area (Å²) in [6, 6.07) is 0. The lowest BCUT2D eigenvalue weighted by molar-refractivity contribution is 0.0689. The van der Waals surface area contributed by atoms with Gasteiger partial charge in [-0.2, -0.15) is 5.10 Å². The molecule has 2 N–H and O–H groups in total. The van der Waals surface area contributed by atoms with Gasteiger partial charge in [0.1, 0.15) is 0 Å². The molecule has 2 aliphatic rings. The van der Waals surface area contributed by atoms with Gasteiger partial charge in [0.05, 0.1) is 6.54 Å². The summed E-state index contributed by atoms with van der Waals surface area (Å²) in [5.74, 6) is -0.285. The molecule has 1 aliphatic heterocycles. The maximum Gasteiger partial charge on any atom is 0.356 e. The molecule has 0 fully saturated rings. The number of rotatable bonds is 2. The van der Waals surface area contributed by atoms with E-state index in [-0.39, 0.29) is 5.69 Å². The van der Waals surface area contributed by atoms with E-state index in [2.05, 4.69) is 20.1 Å². The van der Waals surface area contributed by atoms with Crippen molar-refractivity contribution in [3.8, 4) is 0 Å². The number of aromatic carboxylic acids is 1. The lowest BCUT2D eigenvalue weighted by atomic mass is 10.1. The Bertz CT molecular complexity index is 768. The Balaban J connectivity index is 1.69. The van der Waals surface area contributed by atoms with Gasteiger partial charge in [0, 0.05) is 35.6 Å². The van der Waals surface area contributed by atoms with E-state index in [1.165, 1.54) is 5.56 Å². The minimum atomic E-state index is -0.995. The molecule has 1 aliphatic carbocycles. The summed E-state index contributed by atoms with van der Waals surface area (Å²) >= 11 is 0. The van der Waals surface area contributed by atoms with E-state index in [0.717, 1.165) is 54.9 Å². The average Bonchev–Trinajstić information content (AvgIpc) is 3.12. The minimum absolute atomic E-state index is 0.109. The number of aromatic nitrogens is 4. The molecule has 0 unspecified atom stereocenters. The van der Waals surface area contributed by atoms with Crippen LogP contribution in [0.2, 0.25) is 0 Å². The Kier molecular flexibility index (Phi) is 2.88. The van der Waals surface area contributed by atoms with Crippen LogP contribution in [0, 0.1) is 6.92 Å². The first kappa shape index (κ1) is 13.2. The third-order valence-corrected chi connectivity index (χ3v) is 4.55. The van der Waals surface area contributed by atoms with Crippen LogP contribution in [0.3, 0.4) is 0 Å². The van der Waals surface area contributed by atoms with Crippen LogP contribution in [-0.4, -0.2) is 37.8 Å². The van der Waals surface area contributed by atoms with Crippen molar-refractivity contribution in [1.82, 2.24) is 20.2 Å². The van der Waals surface area contributed by atoms with Crippen LogP contribution >= 0.6 is 0 Å². The van der Waals surface area contributed by atoms with Crippen LogP contribution < -0.4 is 4.90 Å². The van der Waals surface area contributed by atoms with Gasteiger partial charge in [0.2, 0.25) is 5.95 Å². The fourth-order valence-corrected chi connectivity index (χ4v) is 3.39. The molecule has 7 nitrogen and oxygen atoms in total. The number of anilines is 1. The van der Waals surface area contributed by atoms with Gasteiger partial charge in [0.15, 0.2) is 5.69 Å². The van der Waals surface area contributed by atoms with Gasteiger partial charge >= 0.3 is 5.97 Å². The summed E-state index contributed by atoms with van der Waals surface area (Å²) in [4.78, 5) is 22.6. The quantitative estimate of drug-likeness (QED) is 0.867. The van der Waals surface area contributed by atoms with Crippen molar-refractivity contribution in [3.63, 3.8) is 0 Å². The molecule has 0 saturated heterocycles. The van der Waals surface area contributed by atoms with Crippen LogP contribution in [0.15, 0.2) is 0 Å². The Labute approximate surface area is 127 Å². The highest BCUT2D eigenvalue weighted by atomic mass is 16.4. The summed E-state index contributed by atoms with van der Waals surface area (Å²) < 4.78 is 0. The van der Waals surface area contributed by atoms with Crippen LogP contribution in [0.25, 0.3) is 0 Å². The zero-order chi connectivity index (χ0) is 15.3. The summed E-state index contributed by atoms with van der Waals surface area (Å²) in [6.07, 6.45) is 3.95. The number of fused-ring (bicyclic) bond motifs is 2. The van der Waals surface area contributed by atoms with Gasteiger partial charge in [-0.3, -0.25) is 5.10 Å². The second-order valence-corrected chi connectivity index (χ2v) is 5.89. The standard InChI is InChI=1S/C15H17N5O2/c1-8-9-3-2-4-11(9)17-15(16-8)20-6-5-12-10(7-20)13(14(21)22)19-18-12/h2-7H2,1H3,(H,18,19)(H,21,22). The predicted octanol–water partition coefficient (Wildman–Crippen LogP) is 1.26. The van der Waals surface area contributed by atoms with Crippen molar-refractivity contribution in [2.75, 3.05) is 11.4 Å². The average molecular weight is 299 g/mol. The van der Waals surface area contributed by atoms with Gasteiger partial charge < -0.3 is 10.0 Å². The summed E-state index contributed by atoms with van der Waals surface area (Å²) in [5.41, 5.74) is 5.26. The summed E-state index contributed by atoms with van der Waals surface area (Å²) in [5, 5.41) is 16.0. The lowest BCUT2D eigenvalue weighted by Crippen LogP contribution is -2.32. The van der Waals surface area contributed by atoms with Crippen molar-refractivity contribution in [3.05, 3.63) is 33.9 Å². The van der Waals surface area contributed by atoms with Crippen LogP contribution in [0.1, 0.15) is 45.1 Å². The molecule has 0 bridgehead atoms. The molecule has 0 saturated carbocycles. The van der Waals surface area contributed by atoms with Crippen LogP contribution in [0.5, 0.6) is 0 Å². The molecule has 0 atom stereocenters. The van der Waals surface area contributed by atoms with E-state index in [1.807, 2.05) is 6.92 Å². The van der Waals surface area contributed by atoms with Crippen molar-refractivity contribution < 1.29 is 9.90 Å². The van der Waals surface area contributed by atoms with Crippen molar-refractivity contribution in [1.29, 1.82) is 0 Å². The maximum atomic E-state index is 11.3. The number of carbonyl (C=O) groups is 1. The van der Waals surface area contributed by atoms with Gasteiger partial charge in [-0.05, 0) is 31.7 Å². The number of aromatic amines is 1. The first-order valence-electron chi connectivity index (χ1n) is 7.54. The van der Waals surface area contributed by atoms with Gasteiger partial charge in [0.25, 0.3) is 0 Å². The van der Waals surface area contributed by atoms with Crippen LogP contribution in [-0.2, 0) is 25.8 Å². The van der Waals surface area contributed by atoms with Gasteiger partial charge in [-0.1, -0.05) is 0 Å².